The first-order valence-electron chi connectivity index (χ1n) is 9.80. The Hall–Kier alpha value is -3.70. The number of amides is 3. The number of alkyl carbamates (subject to hydrolysis) is 1. The van der Waals surface area contributed by atoms with E-state index in [4.69, 9.17) is 16.7 Å². The molecular weight excluding hydrogens is 400 g/mol. The van der Waals surface area contributed by atoms with Crippen LogP contribution < -0.4 is 16.0 Å². The minimum absolute atomic E-state index is 0.0554. The van der Waals surface area contributed by atoms with Crippen molar-refractivity contribution in [1.29, 1.82) is 0 Å². The van der Waals surface area contributed by atoms with Crippen LogP contribution in [0.25, 0.3) is 10.4 Å². The Morgan fingerprint density at radius 2 is 1.87 bits per heavy atom. The van der Waals surface area contributed by atoms with Gasteiger partial charge < -0.3 is 20.7 Å². The molecule has 0 aliphatic rings. The number of hydrogen-bond donors (Lipinski definition) is 3. The quantitative estimate of drug-likeness (QED) is 0.173. The van der Waals surface area contributed by atoms with Gasteiger partial charge in [0.1, 0.15) is 11.6 Å². The maximum absolute atomic E-state index is 12.3. The van der Waals surface area contributed by atoms with E-state index in [0.29, 0.717) is 37.1 Å². The zero-order valence-corrected chi connectivity index (χ0v) is 18.0. The first kappa shape index (κ1) is 25.3. The third-order valence-electron chi connectivity index (χ3n) is 3.87. The molecule has 1 aromatic rings. The van der Waals surface area contributed by atoms with Crippen molar-refractivity contribution in [2.45, 2.75) is 51.7 Å². The maximum Gasteiger partial charge on any atom is 0.408 e. The van der Waals surface area contributed by atoms with E-state index >= 15 is 0 Å². The van der Waals surface area contributed by atoms with Crippen LogP contribution in [0.3, 0.4) is 0 Å². The van der Waals surface area contributed by atoms with Gasteiger partial charge in [-0.05, 0) is 57.7 Å². The zero-order valence-electron chi connectivity index (χ0n) is 18.0. The fourth-order valence-corrected chi connectivity index (χ4v) is 2.49. The highest BCUT2D eigenvalue weighted by atomic mass is 16.6. The predicted molar refractivity (Wildman–Crippen MR) is 116 cm³/mol. The molecule has 1 aromatic carbocycles. The van der Waals surface area contributed by atoms with Crippen molar-refractivity contribution in [3.05, 3.63) is 40.3 Å². The summed E-state index contributed by atoms with van der Waals surface area (Å²) >= 11 is 0. The van der Waals surface area contributed by atoms with Crippen LogP contribution >= 0.6 is 0 Å². The number of nitrogens with zero attached hydrogens (tertiary/aromatic N) is 3. The Balaban J connectivity index is 2.49. The minimum Gasteiger partial charge on any atom is -0.444 e. The topological polar surface area (TPSA) is 145 Å². The van der Waals surface area contributed by atoms with Crippen LogP contribution in [0.2, 0.25) is 0 Å². The third kappa shape index (κ3) is 10.6. The first-order chi connectivity index (χ1) is 14.7. The molecule has 166 valence electrons. The fraction of sp³-hybridized carbons (Fsp3) is 0.476. The molecule has 0 bridgehead atoms. The molecule has 0 fully saturated rings. The van der Waals surface area contributed by atoms with Gasteiger partial charge in [0, 0.05) is 22.7 Å². The second-order valence-corrected chi connectivity index (χ2v) is 7.61. The van der Waals surface area contributed by atoms with Gasteiger partial charge in [0.15, 0.2) is 0 Å². The lowest BCUT2D eigenvalue weighted by molar-refractivity contribution is -0.123. The number of azide groups is 1. The molecule has 0 spiro atoms. The molecule has 31 heavy (non-hydrogen) atoms. The van der Waals surface area contributed by atoms with Crippen LogP contribution in [0, 0.1) is 12.3 Å². The van der Waals surface area contributed by atoms with Gasteiger partial charge in [0.05, 0.1) is 6.54 Å². The van der Waals surface area contributed by atoms with E-state index in [1.54, 1.807) is 45.0 Å². The van der Waals surface area contributed by atoms with Crippen molar-refractivity contribution < 1.29 is 19.1 Å². The summed E-state index contributed by atoms with van der Waals surface area (Å²) in [6, 6.07) is 5.44. The van der Waals surface area contributed by atoms with Crippen molar-refractivity contribution in [2.24, 2.45) is 5.11 Å². The summed E-state index contributed by atoms with van der Waals surface area (Å²) in [4.78, 5) is 39.1. The molecule has 1 unspecified atom stereocenters. The Labute approximate surface area is 181 Å². The van der Waals surface area contributed by atoms with Crippen LogP contribution in [0.4, 0.5) is 10.5 Å². The summed E-state index contributed by atoms with van der Waals surface area (Å²) in [7, 11) is 0. The Kier molecular flexibility index (Phi) is 10.4. The standard InChI is InChI=1S/C21H28N6O4/c1-5-13-23-19(29)17(25-20(30)31-21(2,3)4)8-6-7-14-24-18(28)15-9-11-16(12-10-15)26-27-22/h1,9-12,17H,6-8,13-14H2,2-4H3,(H,23,29)(H,24,28)(H,25,30). The minimum atomic E-state index is -0.799. The van der Waals surface area contributed by atoms with E-state index in [1.165, 1.54) is 0 Å². The molecule has 0 aliphatic heterocycles. The lowest BCUT2D eigenvalue weighted by Crippen LogP contribution is -2.48. The van der Waals surface area contributed by atoms with Crippen molar-refractivity contribution in [3.63, 3.8) is 0 Å². The van der Waals surface area contributed by atoms with Crippen molar-refractivity contribution in [1.82, 2.24) is 16.0 Å². The normalized spacial score (nSPS) is 11.3. The summed E-state index contributed by atoms with van der Waals surface area (Å²) in [5, 5.41) is 11.3. The summed E-state index contributed by atoms with van der Waals surface area (Å²) in [5.74, 6) is 1.66. The Morgan fingerprint density at radius 3 is 2.45 bits per heavy atom. The number of carbonyl (C=O) groups is 3. The first-order valence-corrected chi connectivity index (χ1v) is 9.80. The van der Waals surface area contributed by atoms with E-state index in [1.807, 2.05) is 0 Å². The maximum atomic E-state index is 12.3. The predicted octanol–water partition coefficient (Wildman–Crippen LogP) is 3.17. The lowest BCUT2D eigenvalue weighted by Gasteiger charge is -2.23. The highest BCUT2D eigenvalue weighted by Gasteiger charge is 2.23. The Morgan fingerprint density at radius 1 is 1.19 bits per heavy atom. The second kappa shape index (κ2) is 12.8. The highest BCUT2D eigenvalue weighted by Crippen LogP contribution is 2.13. The van der Waals surface area contributed by atoms with E-state index in [2.05, 4.69) is 31.9 Å². The number of ether oxygens (including phenoxy) is 1. The number of terminal acetylenes is 1. The van der Waals surface area contributed by atoms with Crippen LogP contribution in [-0.4, -0.2) is 42.6 Å². The zero-order chi connectivity index (χ0) is 23.3. The molecular formula is C21H28N6O4. The van der Waals surface area contributed by atoms with Crippen molar-refractivity contribution in [2.75, 3.05) is 13.1 Å². The van der Waals surface area contributed by atoms with Crippen LogP contribution in [0.15, 0.2) is 29.4 Å². The van der Waals surface area contributed by atoms with Gasteiger partial charge in [-0.25, -0.2) is 4.79 Å². The van der Waals surface area contributed by atoms with Gasteiger partial charge in [-0.1, -0.05) is 23.2 Å². The largest absolute Gasteiger partial charge is 0.444 e. The molecule has 0 radical (unpaired) electrons. The molecule has 0 heterocycles. The summed E-state index contributed by atoms with van der Waals surface area (Å²) in [6.07, 6.45) is 5.99. The summed E-state index contributed by atoms with van der Waals surface area (Å²) in [5.41, 5.74) is 8.57. The SMILES string of the molecule is C#CCNC(=O)C(CCCCNC(=O)c1ccc(N=[N+]=[N-])cc1)NC(=O)OC(C)(C)C. The fourth-order valence-electron chi connectivity index (χ4n) is 2.49. The molecule has 1 atom stereocenters. The average Bonchev–Trinajstić information content (AvgIpc) is 2.70. The van der Waals surface area contributed by atoms with E-state index in [-0.39, 0.29) is 12.5 Å². The number of benzene rings is 1. The highest BCUT2D eigenvalue weighted by molar-refractivity contribution is 5.94. The summed E-state index contributed by atoms with van der Waals surface area (Å²) in [6.45, 7) is 5.63. The van der Waals surface area contributed by atoms with Crippen molar-refractivity contribution >= 4 is 23.6 Å². The second-order valence-electron chi connectivity index (χ2n) is 7.61. The van der Waals surface area contributed by atoms with Crippen LogP contribution in [-0.2, 0) is 9.53 Å². The smallest absolute Gasteiger partial charge is 0.408 e. The van der Waals surface area contributed by atoms with Crippen molar-refractivity contribution in [3.8, 4) is 12.3 Å². The van der Waals surface area contributed by atoms with Gasteiger partial charge >= 0.3 is 6.09 Å². The van der Waals surface area contributed by atoms with E-state index < -0.39 is 23.6 Å². The van der Waals surface area contributed by atoms with Gasteiger partial charge in [0.25, 0.3) is 5.91 Å². The molecule has 1 rings (SSSR count). The third-order valence-corrected chi connectivity index (χ3v) is 3.87. The van der Waals surface area contributed by atoms with Gasteiger partial charge in [0.2, 0.25) is 5.91 Å². The Bertz CT molecular complexity index is 848. The monoisotopic (exact) mass is 428 g/mol. The number of nitrogens with one attached hydrogen (secondary N) is 3. The van der Waals surface area contributed by atoms with Gasteiger partial charge in [-0.3, -0.25) is 9.59 Å². The molecule has 0 saturated carbocycles. The van der Waals surface area contributed by atoms with E-state index in [9.17, 15) is 14.4 Å². The molecule has 0 aliphatic carbocycles. The van der Waals surface area contributed by atoms with Crippen LogP contribution in [0.1, 0.15) is 50.4 Å². The number of carbonyl (C=O) groups excluding carboxylic acids is 3. The van der Waals surface area contributed by atoms with Gasteiger partial charge in [-0.15, -0.1) is 6.42 Å². The number of unbranched alkanes of at least 4 members (excludes halogenated alkanes) is 1. The molecule has 10 nitrogen and oxygen atoms in total. The molecule has 0 saturated heterocycles. The number of rotatable bonds is 10. The lowest BCUT2D eigenvalue weighted by atomic mass is 10.1. The van der Waals surface area contributed by atoms with E-state index in [0.717, 1.165) is 0 Å². The average molecular weight is 428 g/mol. The summed E-state index contributed by atoms with van der Waals surface area (Å²) < 4.78 is 5.20. The van der Waals surface area contributed by atoms with Crippen LogP contribution in [0.5, 0.6) is 0 Å². The molecule has 3 N–H and O–H groups in total. The van der Waals surface area contributed by atoms with Gasteiger partial charge in [-0.2, -0.15) is 0 Å². The molecule has 3 amide bonds. The number of hydrogen-bond acceptors (Lipinski definition) is 5. The molecule has 0 aromatic heterocycles. The molecule has 10 heteroatoms.